The van der Waals surface area contributed by atoms with E-state index in [1.807, 2.05) is 37.3 Å². The minimum Gasteiger partial charge on any atom is -0.368 e. The molecule has 1 aliphatic carbocycles. The van der Waals surface area contributed by atoms with Gasteiger partial charge in [-0.25, -0.2) is 0 Å². The van der Waals surface area contributed by atoms with Crippen LogP contribution in [-0.2, 0) is 25.7 Å². The normalized spacial score (nSPS) is 25.2. The molecule has 1 aromatic rings. The van der Waals surface area contributed by atoms with Crippen LogP contribution in [0.3, 0.4) is 0 Å². The van der Waals surface area contributed by atoms with E-state index in [0.29, 0.717) is 12.5 Å². The van der Waals surface area contributed by atoms with Gasteiger partial charge in [-0.1, -0.05) is 62.4 Å². The van der Waals surface area contributed by atoms with Crippen molar-refractivity contribution in [2.24, 2.45) is 5.92 Å². The molecule has 1 amide bonds. The number of nitrogens with one attached hydrogen (secondary N) is 1. The van der Waals surface area contributed by atoms with Crippen LogP contribution in [0.5, 0.6) is 0 Å². The van der Waals surface area contributed by atoms with Crippen LogP contribution in [0.1, 0.15) is 51.0 Å². The summed E-state index contributed by atoms with van der Waals surface area (Å²) in [7, 11) is 0. The van der Waals surface area contributed by atoms with Crippen molar-refractivity contribution < 1.29 is 19.1 Å². The molecule has 0 spiro atoms. The van der Waals surface area contributed by atoms with E-state index in [9.17, 15) is 9.59 Å². The van der Waals surface area contributed by atoms with Gasteiger partial charge in [0.25, 0.3) is 0 Å². The van der Waals surface area contributed by atoms with E-state index in [-0.39, 0.29) is 24.4 Å². The molecule has 2 fully saturated rings. The predicted octanol–water partition coefficient (Wildman–Crippen LogP) is 3.01. The van der Waals surface area contributed by atoms with Gasteiger partial charge in [0.1, 0.15) is 18.8 Å². The van der Waals surface area contributed by atoms with Crippen LogP contribution in [0.15, 0.2) is 30.3 Å². The Bertz CT molecular complexity index is 597. The average Bonchev–Trinajstić information content (AvgIpc) is 2.98. The second-order valence-corrected chi connectivity index (χ2v) is 7.49. The monoisotopic (exact) mass is 359 g/mol. The van der Waals surface area contributed by atoms with Crippen molar-refractivity contribution in [1.82, 2.24) is 5.32 Å². The molecule has 5 heteroatoms. The van der Waals surface area contributed by atoms with E-state index in [2.05, 4.69) is 5.32 Å². The van der Waals surface area contributed by atoms with Crippen LogP contribution >= 0.6 is 0 Å². The molecule has 1 aromatic carbocycles. The van der Waals surface area contributed by atoms with Gasteiger partial charge in [-0.2, -0.15) is 0 Å². The number of hydrogen-bond acceptors (Lipinski definition) is 4. The maximum absolute atomic E-state index is 12.8. The van der Waals surface area contributed by atoms with Crippen molar-refractivity contribution in [2.45, 2.75) is 70.3 Å². The lowest BCUT2D eigenvalue weighted by Gasteiger charge is -2.27. The Kier molecular flexibility index (Phi) is 6.80. The molecule has 0 radical (unpaired) electrons. The largest absolute Gasteiger partial charge is 0.368 e. The van der Waals surface area contributed by atoms with E-state index >= 15 is 0 Å². The summed E-state index contributed by atoms with van der Waals surface area (Å²) in [6, 6.07) is 9.31. The maximum Gasteiger partial charge on any atom is 0.249 e. The highest BCUT2D eigenvalue weighted by molar-refractivity contribution is 5.92. The topological polar surface area (TPSA) is 64.6 Å². The van der Waals surface area contributed by atoms with E-state index in [0.717, 1.165) is 24.8 Å². The van der Waals surface area contributed by atoms with Gasteiger partial charge in [0.2, 0.25) is 5.91 Å². The first-order valence-electron chi connectivity index (χ1n) is 9.73. The summed E-state index contributed by atoms with van der Waals surface area (Å²) in [5.41, 5.74) is 1.04. The van der Waals surface area contributed by atoms with Crippen LogP contribution in [0.2, 0.25) is 0 Å². The number of amides is 1. The van der Waals surface area contributed by atoms with Gasteiger partial charge in [-0.3, -0.25) is 9.59 Å². The summed E-state index contributed by atoms with van der Waals surface area (Å²) < 4.78 is 11.3. The van der Waals surface area contributed by atoms with E-state index in [4.69, 9.17) is 9.47 Å². The first-order chi connectivity index (χ1) is 12.6. The fourth-order valence-corrected chi connectivity index (χ4v) is 3.85. The molecule has 2 aliphatic rings. The predicted molar refractivity (Wildman–Crippen MR) is 98.6 cm³/mol. The van der Waals surface area contributed by atoms with Gasteiger partial charge < -0.3 is 14.8 Å². The first-order valence-corrected chi connectivity index (χ1v) is 9.73. The van der Waals surface area contributed by atoms with Crippen molar-refractivity contribution >= 4 is 11.7 Å². The zero-order valence-corrected chi connectivity index (χ0v) is 15.5. The third-order valence-electron chi connectivity index (χ3n) is 5.46. The molecular weight excluding hydrogens is 330 g/mol. The minimum absolute atomic E-state index is 0.0645. The smallest absolute Gasteiger partial charge is 0.249 e. The summed E-state index contributed by atoms with van der Waals surface area (Å²) >= 11 is 0. The SMILES string of the molecule is C[C@@H]1OCC(=O)[C@H]1NC(=O)[C@H](CC1CCCCC1)OCc1ccccc1. The molecule has 1 saturated heterocycles. The lowest BCUT2D eigenvalue weighted by Crippen LogP contribution is -2.48. The Labute approximate surface area is 155 Å². The zero-order chi connectivity index (χ0) is 18.4. The Morgan fingerprint density at radius 1 is 1.23 bits per heavy atom. The van der Waals surface area contributed by atoms with Crippen molar-refractivity contribution in [2.75, 3.05) is 6.61 Å². The van der Waals surface area contributed by atoms with Crippen LogP contribution in [0.4, 0.5) is 0 Å². The number of benzene rings is 1. The third kappa shape index (κ3) is 5.15. The van der Waals surface area contributed by atoms with Gasteiger partial charge >= 0.3 is 0 Å². The van der Waals surface area contributed by atoms with E-state index in [1.165, 1.54) is 19.3 Å². The van der Waals surface area contributed by atoms with Crippen molar-refractivity contribution in [3.63, 3.8) is 0 Å². The van der Waals surface area contributed by atoms with E-state index < -0.39 is 12.1 Å². The molecule has 1 N–H and O–H groups in total. The first kappa shape index (κ1) is 19.1. The van der Waals surface area contributed by atoms with Crippen molar-refractivity contribution in [3.8, 4) is 0 Å². The summed E-state index contributed by atoms with van der Waals surface area (Å²) in [4.78, 5) is 24.8. The molecule has 0 aromatic heterocycles. The highest BCUT2D eigenvalue weighted by Gasteiger charge is 2.36. The van der Waals surface area contributed by atoms with Crippen LogP contribution < -0.4 is 5.32 Å². The van der Waals surface area contributed by atoms with Crippen LogP contribution in [0, 0.1) is 5.92 Å². The van der Waals surface area contributed by atoms with Crippen molar-refractivity contribution in [3.05, 3.63) is 35.9 Å². The minimum atomic E-state index is -0.559. The number of hydrogen-bond donors (Lipinski definition) is 1. The maximum atomic E-state index is 12.8. The van der Waals surface area contributed by atoms with Gasteiger partial charge in [-0.15, -0.1) is 0 Å². The lowest BCUT2D eigenvalue weighted by atomic mass is 9.85. The number of rotatable bonds is 7. The summed E-state index contributed by atoms with van der Waals surface area (Å²) in [5, 5.41) is 2.87. The Balaban J connectivity index is 1.62. The third-order valence-corrected chi connectivity index (χ3v) is 5.46. The van der Waals surface area contributed by atoms with Crippen LogP contribution in [0.25, 0.3) is 0 Å². The molecule has 5 nitrogen and oxygen atoms in total. The zero-order valence-electron chi connectivity index (χ0n) is 15.5. The summed E-state index contributed by atoms with van der Waals surface area (Å²) in [6.07, 6.45) is 5.95. The lowest BCUT2D eigenvalue weighted by molar-refractivity contribution is -0.137. The molecule has 0 unspecified atom stereocenters. The summed E-state index contributed by atoms with van der Waals surface area (Å²) in [6.45, 7) is 2.29. The van der Waals surface area contributed by atoms with Gasteiger partial charge in [0, 0.05) is 0 Å². The molecule has 26 heavy (non-hydrogen) atoms. The van der Waals surface area contributed by atoms with Crippen LogP contribution in [-0.4, -0.2) is 36.5 Å². The second kappa shape index (κ2) is 9.28. The summed E-state index contributed by atoms with van der Waals surface area (Å²) in [5.74, 6) is 0.260. The molecular formula is C21H29NO4. The highest BCUT2D eigenvalue weighted by Crippen LogP contribution is 2.28. The molecule has 0 bridgehead atoms. The second-order valence-electron chi connectivity index (χ2n) is 7.49. The number of ketones is 1. The quantitative estimate of drug-likeness (QED) is 0.813. The molecule has 1 heterocycles. The number of carbonyl (C=O) groups excluding carboxylic acids is 2. The fraction of sp³-hybridized carbons (Fsp3) is 0.619. The number of carbonyl (C=O) groups is 2. The van der Waals surface area contributed by atoms with Gasteiger partial charge in [0.05, 0.1) is 12.7 Å². The Hall–Kier alpha value is -1.72. The molecule has 3 atom stereocenters. The van der Waals surface area contributed by atoms with Gasteiger partial charge in [-0.05, 0) is 24.8 Å². The van der Waals surface area contributed by atoms with Crippen molar-refractivity contribution in [1.29, 1.82) is 0 Å². The fourth-order valence-electron chi connectivity index (χ4n) is 3.85. The Morgan fingerprint density at radius 3 is 2.62 bits per heavy atom. The number of ether oxygens (including phenoxy) is 2. The Morgan fingerprint density at radius 2 is 1.96 bits per heavy atom. The molecule has 142 valence electrons. The highest BCUT2D eigenvalue weighted by atomic mass is 16.5. The molecule has 3 rings (SSSR count). The number of Topliss-reactive ketones (excluding diaryl/α,β-unsaturated/α-hetero) is 1. The van der Waals surface area contributed by atoms with E-state index in [1.54, 1.807) is 0 Å². The average molecular weight is 359 g/mol. The van der Waals surface area contributed by atoms with Gasteiger partial charge in [0.15, 0.2) is 5.78 Å². The molecule has 1 aliphatic heterocycles. The molecule has 1 saturated carbocycles. The standard InChI is InChI=1S/C21H29NO4/c1-15-20(18(23)14-25-15)22-21(24)19(12-16-8-4-2-5-9-16)26-13-17-10-6-3-7-11-17/h3,6-7,10-11,15-16,19-20H,2,4-5,8-9,12-14H2,1H3,(H,22,24)/t15-,19-,20-/m0/s1.